The maximum Gasteiger partial charge on any atom is 0.261 e. The van der Waals surface area contributed by atoms with Crippen molar-refractivity contribution in [3.63, 3.8) is 0 Å². The molecule has 0 aliphatic rings. The van der Waals surface area contributed by atoms with E-state index >= 15 is 0 Å². The highest BCUT2D eigenvalue weighted by molar-refractivity contribution is 6.30. The van der Waals surface area contributed by atoms with Crippen molar-refractivity contribution >= 4 is 23.4 Å². The number of carbonyl (C=O) groups excluding carboxylic acids is 2. The van der Waals surface area contributed by atoms with Crippen LogP contribution in [0, 0.1) is 0 Å². The number of amides is 2. The molecule has 0 bridgehead atoms. The Kier molecular flexibility index (Phi) is 8.70. The van der Waals surface area contributed by atoms with Gasteiger partial charge in [-0.15, -0.1) is 0 Å². The van der Waals surface area contributed by atoms with E-state index < -0.39 is 6.04 Å². The molecule has 0 saturated heterocycles. The van der Waals surface area contributed by atoms with Crippen LogP contribution in [0.25, 0.3) is 0 Å². The van der Waals surface area contributed by atoms with Crippen LogP contribution in [0.5, 0.6) is 5.75 Å². The van der Waals surface area contributed by atoms with E-state index in [0.717, 1.165) is 11.1 Å². The normalized spacial score (nSPS) is 11.4. The minimum Gasteiger partial charge on any atom is -0.484 e. The summed E-state index contributed by atoms with van der Waals surface area (Å²) in [5.41, 5.74) is 1.85. The number of halogens is 1. The first-order valence-corrected chi connectivity index (χ1v) is 11.0. The number of carbonyl (C=O) groups is 2. The third-order valence-corrected chi connectivity index (χ3v) is 5.25. The third kappa shape index (κ3) is 6.86. The number of ether oxygens (including phenoxy) is 1. The lowest BCUT2D eigenvalue weighted by Gasteiger charge is -2.31. The smallest absolute Gasteiger partial charge is 0.261 e. The summed E-state index contributed by atoms with van der Waals surface area (Å²) in [5.74, 6) is 0.138. The fourth-order valence-electron chi connectivity index (χ4n) is 3.38. The van der Waals surface area contributed by atoms with E-state index in [-0.39, 0.29) is 25.0 Å². The molecule has 1 N–H and O–H groups in total. The monoisotopic (exact) mass is 450 g/mol. The summed E-state index contributed by atoms with van der Waals surface area (Å²) in [7, 11) is 0. The van der Waals surface area contributed by atoms with Crippen molar-refractivity contribution in [2.24, 2.45) is 0 Å². The van der Waals surface area contributed by atoms with Crippen LogP contribution >= 0.6 is 11.6 Å². The predicted molar refractivity (Wildman–Crippen MR) is 127 cm³/mol. The highest BCUT2D eigenvalue weighted by atomic mass is 35.5. The number of likely N-dealkylation sites (N-methyl/N-ethyl adjacent to an activating group) is 1. The summed E-state index contributed by atoms with van der Waals surface area (Å²) in [6.07, 6.45) is 0.400. The molecule has 0 fully saturated rings. The maximum absolute atomic E-state index is 13.3. The number of benzene rings is 3. The molecule has 166 valence electrons. The zero-order chi connectivity index (χ0) is 22.8. The quantitative estimate of drug-likeness (QED) is 0.495. The minimum absolute atomic E-state index is 0.164. The van der Waals surface area contributed by atoms with Gasteiger partial charge in [0, 0.05) is 24.5 Å². The predicted octanol–water partition coefficient (Wildman–Crippen LogP) is 4.50. The van der Waals surface area contributed by atoms with Crippen LogP contribution in [0.15, 0.2) is 84.9 Å². The average Bonchev–Trinajstić information content (AvgIpc) is 2.82. The molecule has 3 aromatic carbocycles. The van der Waals surface area contributed by atoms with Crippen molar-refractivity contribution in [2.75, 3.05) is 13.2 Å². The van der Waals surface area contributed by atoms with Crippen LogP contribution in [0.3, 0.4) is 0 Å². The van der Waals surface area contributed by atoms with Crippen molar-refractivity contribution < 1.29 is 14.3 Å². The van der Waals surface area contributed by atoms with Gasteiger partial charge in [0.15, 0.2) is 6.61 Å². The molecule has 0 aromatic heterocycles. The summed E-state index contributed by atoms with van der Waals surface area (Å²) in [6, 6.07) is 25.4. The van der Waals surface area contributed by atoms with Gasteiger partial charge in [-0.1, -0.05) is 72.3 Å². The summed E-state index contributed by atoms with van der Waals surface area (Å²) >= 11 is 6.03. The van der Waals surface area contributed by atoms with E-state index in [1.165, 1.54) is 0 Å². The number of hydrogen-bond acceptors (Lipinski definition) is 3. The number of hydrogen-bond donors (Lipinski definition) is 1. The van der Waals surface area contributed by atoms with Gasteiger partial charge in [0.1, 0.15) is 11.8 Å². The highest BCUT2D eigenvalue weighted by Gasteiger charge is 2.30. The molecule has 2 amide bonds. The molecule has 0 aliphatic carbocycles. The molecule has 0 spiro atoms. The molecule has 32 heavy (non-hydrogen) atoms. The lowest BCUT2D eigenvalue weighted by Crippen LogP contribution is -2.51. The van der Waals surface area contributed by atoms with Crippen molar-refractivity contribution in [2.45, 2.75) is 25.9 Å². The van der Waals surface area contributed by atoms with Crippen LogP contribution in [-0.4, -0.2) is 35.9 Å². The maximum atomic E-state index is 13.3. The van der Waals surface area contributed by atoms with Gasteiger partial charge in [0.25, 0.3) is 5.91 Å². The van der Waals surface area contributed by atoms with E-state index in [9.17, 15) is 9.59 Å². The number of nitrogens with zero attached hydrogens (tertiary/aromatic N) is 1. The number of rotatable bonds is 10. The van der Waals surface area contributed by atoms with Crippen LogP contribution in [0.4, 0.5) is 0 Å². The summed E-state index contributed by atoms with van der Waals surface area (Å²) in [4.78, 5) is 28.0. The molecule has 1 atom stereocenters. The van der Waals surface area contributed by atoms with Gasteiger partial charge >= 0.3 is 0 Å². The van der Waals surface area contributed by atoms with E-state index in [0.29, 0.717) is 23.7 Å². The Hall–Kier alpha value is -3.31. The molecule has 5 nitrogen and oxygen atoms in total. The number of nitrogens with one attached hydrogen (secondary N) is 1. The Bertz CT molecular complexity index is 995. The molecule has 1 unspecified atom stereocenters. The Balaban J connectivity index is 1.87. The first-order valence-electron chi connectivity index (χ1n) is 10.6. The second-order valence-corrected chi connectivity index (χ2v) is 7.79. The van der Waals surface area contributed by atoms with Crippen molar-refractivity contribution in [3.05, 3.63) is 101 Å². The van der Waals surface area contributed by atoms with Gasteiger partial charge in [0.2, 0.25) is 5.91 Å². The van der Waals surface area contributed by atoms with Gasteiger partial charge in [-0.05, 0) is 42.3 Å². The lowest BCUT2D eigenvalue weighted by molar-refractivity contribution is -0.142. The molecule has 6 heteroatoms. The third-order valence-electron chi connectivity index (χ3n) is 4.99. The van der Waals surface area contributed by atoms with Gasteiger partial charge in [-0.2, -0.15) is 0 Å². The van der Waals surface area contributed by atoms with E-state index in [1.807, 2.05) is 67.6 Å². The molecule has 0 aliphatic heterocycles. The standard InChI is InChI=1S/C26H27ClN2O3/c1-2-28-26(31)24(17-20-9-5-3-6-10-20)29(18-21-13-15-22(27)16-14-21)25(30)19-32-23-11-7-4-8-12-23/h3-16,24H,2,17-19H2,1H3,(H,28,31). The lowest BCUT2D eigenvalue weighted by atomic mass is 10.0. The first-order chi connectivity index (χ1) is 15.6. The van der Waals surface area contributed by atoms with Crippen molar-refractivity contribution in [3.8, 4) is 5.75 Å². The molecule has 3 aromatic rings. The van der Waals surface area contributed by atoms with Gasteiger partial charge in [-0.25, -0.2) is 0 Å². The summed E-state index contributed by atoms with van der Waals surface area (Å²) in [6.45, 7) is 2.44. The first kappa shape index (κ1) is 23.4. The largest absolute Gasteiger partial charge is 0.484 e. The van der Waals surface area contributed by atoms with E-state index in [1.54, 1.807) is 29.2 Å². The van der Waals surface area contributed by atoms with Crippen LogP contribution < -0.4 is 10.1 Å². The second-order valence-electron chi connectivity index (χ2n) is 7.35. The van der Waals surface area contributed by atoms with Crippen molar-refractivity contribution in [1.29, 1.82) is 0 Å². The fourth-order valence-corrected chi connectivity index (χ4v) is 3.50. The average molecular weight is 451 g/mol. The molecule has 3 rings (SSSR count). The zero-order valence-corrected chi connectivity index (χ0v) is 18.8. The number of para-hydroxylation sites is 1. The Morgan fingerprint density at radius 3 is 2.16 bits per heavy atom. The van der Waals surface area contributed by atoms with Crippen LogP contribution in [0.2, 0.25) is 5.02 Å². The van der Waals surface area contributed by atoms with Gasteiger partial charge in [0.05, 0.1) is 0 Å². The van der Waals surface area contributed by atoms with E-state index in [4.69, 9.17) is 16.3 Å². The molecule has 0 radical (unpaired) electrons. The SMILES string of the molecule is CCNC(=O)C(Cc1ccccc1)N(Cc1ccc(Cl)cc1)C(=O)COc1ccccc1. The Morgan fingerprint density at radius 2 is 1.53 bits per heavy atom. The Labute approximate surface area is 194 Å². The summed E-state index contributed by atoms with van der Waals surface area (Å²) < 4.78 is 5.70. The van der Waals surface area contributed by atoms with E-state index in [2.05, 4.69) is 5.32 Å². The molecule has 0 saturated carbocycles. The van der Waals surface area contributed by atoms with Gasteiger partial charge < -0.3 is 15.0 Å². The summed E-state index contributed by atoms with van der Waals surface area (Å²) in [5, 5.41) is 3.49. The van der Waals surface area contributed by atoms with Gasteiger partial charge in [-0.3, -0.25) is 9.59 Å². The fraction of sp³-hybridized carbons (Fsp3) is 0.231. The second kappa shape index (κ2) is 11.9. The molecular weight excluding hydrogens is 424 g/mol. The Morgan fingerprint density at radius 1 is 0.906 bits per heavy atom. The zero-order valence-electron chi connectivity index (χ0n) is 18.0. The van der Waals surface area contributed by atoms with Crippen molar-refractivity contribution in [1.82, 2.24) is 10.2 Å². The molecule has 0 heterocycles. The molecular formula is C26H27ClN2O3. The highest BCUT2D eigenvalue weighted by Crippen LogP contribution is 2.17. The topological polar surface area (TPSA) is 58.6 Å². The van der Waals surface area contributed by atoms with Crippen LogP contribution in [-0.2, 0) is 22.6 Å². The minimum atomic E-state index is -0.681. The van der Waals surface area contributed by atoms with Crippen LogP contribution in [0.1, 0.15) is 18.1 Å².